The van der Waals surface area contributed by atoms with E-state index in [1.54, 1.807) is 0 Å². The number of benzene rings is 1. The lowest BCUT2D eigenvalue weighted by Crippen LogP contribution is -2.42. The molecule has 0 heterocycles. The first-order valence-electron chi connectivity index (χ1n) is 8.39. The Balaban J connectivity index is 2.54. The standard InChI is InChI=1S/C18H30N2O3/c1-5-22-16-8-7-14(12-17(16)23-6-2)9-10-20-18(21)15(19)11-13(3)4/h7-8,12-13,15H,5-6,9-11,19H2,1-4H3,(H,20,21)/t15-/m0/s1. The highest BCUT2D eigenvalue weighted by molar-refractivity contribution is 5.81. The Morgan fingerprint density at radius 3 is 2.43 bits per heavy atom. The molecule has 1 amide bonds. The molecule has 0 fully saturated rings. The zero-order valence-corrected chi connectivity index (χ0v) is 14.7. The average molecular weight is 322 g/mol. The quantitative estimate of drug-likeness (QED) is 0.694. The van der Waals surface area contributed by atoms with E-state index < -0.39 is 6.04 Å². The summed E-state index contributed by atoms with van der Waals surface area (Å²) in [7, 11) is 0. The molecular weight excluding hydrogens is 292 g/mol. The normalized spacial score (nSPS) is 12.1. The van der Waals surface area contributed by atoms with Crippen LogP contribution >= 0.6 is 0 Å². The van der Waals surface area contributed by atoms with Crippen LogP contribution in [-0.2, 0) is 11.2 Å². The van der Waals surface area contributed by atoms with Crippen molar-refractivity contribution in [1.29, 1.82) is 0 Å². The molecule has 0 spiro atoms. The molecule has 1 aromatic carbocycles. The van der Waals surface area contributed by atoms with Crippen molar-refractivity contribution >= 4 is 5.91 Å². The molecule has 1 rings (SSSR count). The maximum absolute atomic E-state index is 11.9. The summed E-state index contributed by atoms with van der Waals surface area (Å²) >= 11 is 0. The molecule has 5 nitrogen and oxygen atoms in total. The SMILES string of the molecule is CCOc1ccc(CCNC(=O)[C@@H](N)CC(C)C)cc1OCC. The van der Waals surface area contributed by atoms with Crippen LogP contribution in [-0.4, -0.2) is 31.7 Å². The third-order valence-electron chi connectivity index (χ3n) is 3.38. The predicted octanol–water partition coefficient (Wildman–Crippen LogP) is 2.52. The molecule has 0 radical (unpaired) electrons. The highest BCUT2D eigenvalue weighted by atomic mass is 16.5. The van der Waals surface area contributed by atoms with E-state index >= 15 is 0 Å². The smallest absolute Gasteiger partial charge is 0.236 e. The molecule has 0 aromatic heterocycles. The molecular formula is C18H30N2O3. The maximum Gasteiger partial charge on any atom is 0.236 e. The number of rotatable bonds is 10. The predicted molar refractivity (Wildman–Crippen MR) is 92.9 cm³/mol. The largest absolute Gasteiger partial charge is 0.490 e. The summed E-state index contributed by atoms with van der Waals surface area (Å²) in [5, 5.41) is 2.89. The minimum absolute atomic E-state index is 0.0883. The van der Waals surface area contributed by atoms with Crippen LogP contribution in [0.15, 0.2) is 18.2 Å². The molecule has 0 unspecified atom stereocenters. The van der Waals surface area contributed by atoms with Crippen molar-refractivity contribution in [3.05, 3.63) is 23.8 Å². The van der Waals surface area contributed by atoms with Gasteiger partial charge in [0.1, 0.15) is 0 Å². The van der Waals surface area contributed by atoms with Crippen molar-refractivity contribution in [2.75, 3.05) is 19.8 Å². The number of hydrogen-bond acceptors (Lipinski definition) is 4. The molecule has 0 aliphatic carbocycles. The fraction of sp³-hybridized carbons (Fsp3) is 0.611. The van der Waals surface area contributed by atoms with Crippen molar-refractivity contribution in [2.45, 2.75) is 46.6 Å². The van der Waals surface area contributed by atoms with Crippen LogP contribution in [0.2, 0.25) is 0 Å². The van der Waals surface area contributed by atoms with Crippen LogP contribution in [0.25, 0.3) is 0 Å². The van der Waals surface area contributed by atoms with Gasteiger partial charge in [0, 0.05) is 6.54 Å². The number of ether oxygens (including phenoxy) is 2. The monoisotopic (exact) mass is 322 g/mol. The zero-order valence-electron chi connectivity index (χ0n) is 14.7. The Morgan fingerprint density at radius 1 is 1.17 bits per heavy atom. The van der Waals surface area contributed by atoms with Crippen LogP contribution in [0.3, 0.4) is 0 Å². The van der Waals surface area contributed by atoms with Gasteiger partial charge in [-0.1, -0.05) is 19.9 Å². The Hall–Kier alpha value is -1.75. The second kappa shape index (κ2) is 10.1. The summed E-state index contributed by atoms with van der Waals surface area (Å²) in [6, 6.07) is 5.44. The zero-order chi connectivity index (χ0) is 17.2. The van der Waals surface area contributed by atoms with Crippen LogP contribution in [0.1, 0.15) is 39.7 Å². The maximum atomic E-state index is 11.9. The first-order chi connectivity index (χ1) is 11.0. The van der Waals surface area contributed by atoms with E-state index in [1.165, 1.54) is 0 Å². The average Bonchev–Trinajstić information content (AvgIpc) is 2.49. The van der Waals surface area contributed by atoms with E-state index in [2.05, 4.69) is 19.2 Å². The molecule has 0 aliphatic heterocycles. The number of carbonyl (C=O) groups excluding carboxylic acids is 1. The van der Waals surface area contributed by atoms with Crippen molar-refractivity contribution in [3.8, 4) is 11.5 Å². The van der Waals surface area contributed by atoms with E-state index in [4.69, 9.17) is 15.2 Å². The molecule has 0 bridgehead atoms. The Bertz CT molecular complexity index is 489. The van der Waals surface area contributed by atoms with Crippen LogP contribution in [0.5, 0.6) is 11.5 Å². The van der Waals surface area contributed by atoms with Gasteiger partial charge in [-0.25, -0.2) is 0 Å². The summed E-state index contributed by atoms with van der Waals surface area (Å²) in [5.74, 6) is 1.82. The van der Waals surface area contributed by atoms with E-state index in [0.29, 0.717) is 32.1 Å². The Kier molecular flexibility index (Phi) is 8.48. The van der Waals surface area contributed by atoms with E-state index in [9.17, 15) is 4.79 Å². The summed E-state index contributed by atoms with van der Waals surface area (Å²) in [5.41, 5.74) is 6.96. The fourth-order valence-corrected chi connectivity index (χ4v) is 2.33. The lowest BCUT2D eigenvalue weighted by atomic mass is 10.0. The number of carbonyl (C=O) groups is 1. The van der Waals surface area contributed by atoms with E-state index in [1.807, 2.05) is 32.0 Å². The molecule has 130 valence electrons. The topological polar surface area (TPSA) is 73.6 Å². The highest BCUT2D eigenvalue weighted by Gasteiger charge is 2.14. The number of hydrogen-bond donors (Lipinski definition) is 2. The van der Waals surface area contributed by atoms with Crippen LogP contribution in [0.4, 0.5) is 0 Å². The first-order valence-corrected chi connectivity index (χ1v) is 8.39. The summed E-state index contributed by atoms with van der Waals surface area (Å²) < 4.78 is 11.2. The minimum atomic E-state index is -0.436. The summed E-state index contributed by atoms with van der Waals surface area (Å²) in [4.78, 5) is 11.9. The Morgan fingerprint density at radius 2 is 1.83 bits per heavy atom. The van der Waals surface area contributed by atoms with Crippen molar-refractivity contribution in [2.24, 2.45) is 11.7 Å². The first kappa shape index (κ1) is 19.3. The molecule has 23 heavy (non-hydrogen) atoms. The Labute approximate surface area is 139 Å². The van der Waals surface area contributed by atoms with Crippen molar-refractivity contribution in [3.63, 3.8) is 0 Å². The van der Waals surface area contributed by atoms with Crippen LogP contribution < -0.4 is 20.5 Å². The van der Waals surface area contributed by atoms with Crippen LogP contribution in [0, 0.1) is 5.92 Å². The molecule has 0 aliphatic rings. The lowest BCUT2D eigenvalue weighted by Gasteiger charge is -2.15. The van der Waals surface area contributed by atoms with Gasteiger partial charge in [-0.15, -0.1) is 0 Å². The van der Waals surface area contributed by atoms with Gasteiger partial charge in [-0.05, 0) is 50.3 Å². The summed E-state index contributed by atoms with van der Waals surface area (Å²) in [6.07, 6.45) is 1.43. The van der Waals surface area contributed by atoms with Gasteiger partial charge in [-0.2, -0.15) is 0 Å². The van der Waals surface area contributed by atoms with Gasteiger partial charge >= 0.3 is 0 Å². The number of nitrogens with one attached hydrogen (secondary N) is 1. The van der Waals surface area contributed by atoms with E-state index in [-0.39, 0.29) is 5.91 Å². The van der Waals surface area contributed by atoms with Gasteiger partial charge in [0.05, 0.1) is 19.3 Å². The number of nitrogens with two attached hydrogens (primary N) is 1. The van der Waals surface area contributed by atoms with Gasteiger partial charge in [-0.3, -0.25) is 4.79 Å². The third-order valence-corrected chi connectivity index (χ3v) is 3.38. The molecule has 0 saturated carbocycles. The van der Waals surface area contributed by atoms with Crippen molar-refractivity contribution < 1.29 is 14.3 Å². The van der Waals surface area contributed by atoms with Gasteiger partial charge in [0.2, 0.25) is 5.91 Å². The minimum Gasteiger partial charge on any atom is -0.490 e. The highest BCUT2D eigenvalue weighted by Crippen LogP contribution is 2.28. The third kappa shape index (κ3) is 6.91. The molecule has 5 heteroatoms. The van der Waals surface area contributed by atoms with E-state index in [0.717, 1.165) is 23.5 Å². The number of amides is 1. The second-order valence-electron chi connectivity index (χ2n) is 5.92. The molecule has 1 aromatic rings. The van der Waals surface area contributed by atoms with Crippen molar-refractivity contribution in [1.82, 2.24) is 5.32 Å². The molecule has 1 atom stereocenters. The molecule has 3 N–H and O–H groups in total. The van der Waals surface area contributed by atoms with Gasteiger partial charge in [0.15, 0.2) is 11.5 Å². The second-order valence-corrected chi connectivity index (χ2v) is 5.92. The van der Waals surface area contributed by atoms with Gasteiger partial charge < -0.3 is 20.5 Å². The van der Waals surface area contributed by atoms with Gasteiger partial charge in [0.25, 0.3) is 0 Å². The fourth-order valence-electron chi connectivity index (χ4n) is 2.33. The summed E-state index contributed by atoms with van der Waals surface area (Å²) in [6.45, 7) is 9.75. The lowest BCUT2D eigenvalue weighted by molar-refractivity contribution is -0.122. The molecule has 0 saturated heterocycles.